The van der Waals surface area contributed by atoms with Gasteiger partial charge in [0.05, 0.1) is 12.7 Å². The number of ether oxygens (including phenoxy) is 1. The first-order valence-electron chi connectivity index (χ1n) is 10.9. The highest BCUT2D eigenvalue weighted by Crippen LogP contribution is 2.46. The highest BCUT2D eigenvalue weighted by atomic mass is 16.5. The van der Waals surface area contributed by atoms with Crippen molar-refractivity contribution in [3.8, 4) is 0 Å². The Balaban J connectivity index is 1.36. The standard InChI is InChI=1S/C22H30N4O4/c1-3-24-8-10-25(11-9-24)20(27)17-12-15-6-7-26(14-18(15)17)21(28)19-5-4-16(13-23-19)22(29)30-2/h4-5,13,15,17-18H,3,6-12,14H2,1-2H3/t15-,17-,18-/m1/s1. The van der Waals surface area contributed by atoms with E-state index < -0.39 is 5.97 Å². The predicted octanol–water partition coefficient (Wildman–Crippen LogP) is 1.13. The lowest BCUT2D eigenvalue weighted by molar-refractivity contribution is -0.149. The molecule has 1 aliphatic carbocycles. The summed E-state index contributed by atoms with van der Waals surface area (Å²) < 4.78 is 4.67. The number of aromatic nitrogens is 1. The number of fused-ring (bicyclic) bond motifs is 1. The van der Waals surface area contributed by atoms with E-state index in [0.29, 0.717) is 30.3 Å². The Morgan fingerprint density at radius 2 is 1.87 bits per heavy atom. The molecular formula is C22H30N4O4. The van der Waals surface area contributed by atoms with Gasteiger partial charge in [-0.2, -0.15) is 0 Å². The molecule has 3 atom stereocenters. The first-order chi connectivity index (χ1) is 14.5. The molecule has 2 aliphatic heterocycles. The van der Waals surface area contributed by atoms with Gasteiger partial charge in [-0.1, -0.05) is 6.92 Å². The predicted molar refractivity (Wildman–Crippen MR) is 110 cm³/mol. The van der Waals surface area contributed by atoms with E-state index in [1.54, 1.807) is 12.1 Å². The van der Waals surface area contributed by atoms with Crippen LogP contribution in [0.1, 0.15) is 40.6 Å². The van der Waals surface area contributed by atoms with Crippen LogP contribution in [0, 0.1) is 17.8 Å². The van der Waals surface area contributed by atoms with Crippen LogP contribution >= 0.6 is 0 Å². The van der Waals surface area contributed by atoms with Crippen LogP contribution in [0.5, 0.6) is 0 Å². The summed E-state index contributed by atoms with van der Waals surface area (Å²) in [6.45, 7) is 7.98. The van der Waals surface area contributed by atoms with Gasteiger partial charge in [-0.05, 0) is 43.4 Å². The molecule has 0 unspecified atom stereocenters. The number of piperazine rings is 1. The van der Waals surface area contributed by atoms with Crippen molar-refractivity contribution in [1.29, 1.82) is 0 Å². The number of carbonyl (C=O) groups is 3. The maximum Gasteiger partial charge on any atom is 0.339 e. The number of amides is 2. The Labute approximate surface area is 177 Å². The number of rotatable bonds is 4. The number of piperidine rings is 1. The second-order valence-corrected chi connectivity index (χ2v) is 8.49. The molecule has 4 rings (SSSR count). The molecule has 2 amide bonds. The fraction of sp³-hybridized carbons (Fsp3) is 0.636. The average Bonchev–Trinajstić information content (AvgIpc) is 2.79. The van der Waals surface area contributed by atoms with Gasteiger partial charge in [0.15, 0.2) is 0 Å². The molecule has 1 aromatic heterocycles. The van der Waals surface area contributed by atoms with Gasteiger partial charge in [-0.25, -0.2) is 4.79 Å². The lowest BCUT2D eigenvalue weighted by Crippen LogP contribution is -2.58. The minimum atomic E-state index is -0.474. The van der Waals surface area contributed by atoms with E-state index in [1.165, 1.54) is 13.3 Å². The van der Waals surface area contributed by atoms with E-state index in [-0.39, 0.29) is 23.7 Å². The SMILES string of the molecule is CCN1CCN(C(=O)[C@@H]2C[C@H]3CCN(C(=O)c4ccc(C(=O)OC)cn4)C[C@H]32)CC1. The second-order valence-electron chi connectivity index (χ2n) is 8.49. The molecule has 1 aromatic rings. The second kappa shape index (κ2) is 8.71. The quantitative estimate of drug-likeness (QED) is 0.687. The molecule has 0 spiro atoms. The third-order valence-corrected chi connectivity index (χ3v) is 7.02. The van der Waals surface area contributed by atoms with Crippen LogP contribution in [-0.2, 0) is 9.53 Å². The molecule has 8 nitrogen and oxygen atoms in total. The van der Waals surface area contributed by atoms with Gasteiger partial charge in [0, 0.05) is 51.4 Å². The Morgan fingerprint density at radius 3 is 2.50 bits per heavy atom. The molecule has 0 bridgehead atoms. The number of carbonyl (C=O) groups excluding carboxylic acids is 3. The van der Waals surface area contributed by atoms with Crippen LogP contribution in [0.3, 0.4) is 0 Å². The molecule has 162 valence electrons. The lowest BCUT2D eigenvalue weighted by Gasteiger charge is -2.51. The first kappa shape index (κ1) is 20.8. The van der Waals surface area contributed by atoms with Crippen molar-refractivity contribution in [2.75, 3.05) is 52.9 Å². The van der Waals surface area contributed by atoms with Gasteiger partial charge in [0.2, 0.25) is 5.91 Å². The first-order valence-corrected chi connectivity index (χ1v) is 10.9. The zero-order valence-electron chi connectivity index (χ0n) is 17.7. The van der Waals surface area contributed by atoms with Crippen molar-refractivity contribution in [1.82, 2.24) is 19.7 Å². The number of likely N-dealkylation sites (tertiary alicyclic amines) is 1. The van der Waals surface area contributed by atoms with Crippen LogP contribution in [0.15, 0.2) is 18.3 Å². The minimum Gasteiger partial charge on any atom is -0.465 e. The Morgan fingerprint density at radius 1 is 1.10 bits per heavy atom. The summed E-state index contributed by atoms with van der Waals surface area (Å²) in [6.07, 6.45) is 3.26. The van der Waals surface area contributed by atoms with E-state index in [2.05, 4.69) is 21.5 Å². The zero-order chi connectivity index (χ0) is 21.3. The number of pyridine rings is 1. The number of esters is 1. The third kappa shape index (κ3) is 3.93. The lowest BCUT2D eigenvalue weighted by atomic mass is 9.61. The van der Waals surface area contributed by atoms with Gasteiger partial charge >= 0.3 is 5.97 Å². The van der Waals surface area contributed by atoms with Crippen molar-refractivity contribution in [3.63, 3.8) is 0 Å². The monoisotopic (exact) mass is 414 g/mol. The van der Waals surface area contributed by atoms with Gasteiger partial charge in [0.25, 0.3) is 5.91 Å². The van der Waals surface area contributed by atoms with Crippen LogP contribution in [0.4, 0.5) is 0 Å². The number of nitrogens with zero attached hydrogens (tertiary/aromatic N) is 4. The minimum absolute atomic E-state index is 0.0356. The molecule has 0 N–H and O–H groups in total. The van der Waals surface area contributed by atoms with Gasteiger partial charge < -0.3 is 19.4 Å². The smallest absolute Gasteiger partial charge is 0.339 e. The molecular weight excluding hydrogens is 384 g/mol. The molecule has 2 saturated heterocycles. The summed E-state index contributed by atoms with van der Waals surface area (Å²) >= 11 is 0. The van der Waals surface area contributed by atoms with Crippen molar-refractivity contribution < 1.29 is 19.1 Å². The number of methoxy groups -OCH3 is 1. The van der Waals surface area contributed by atoms with Crippen molar-refractivity contribution in [2.45, 2.75) is 19.8 Å². The molecule has 3 fully saturated rings. The molecule has 30 heavy (non-hydrogen) atoms. The molecule has 3 aliphatic rings. The zero-order valence-corrected chi connectivity index (χ0v) is 17.7. The van der Waals surface area contributed by atoms with Crippen LogP contribution in [0.25, 0.3) is 0 Å². The van der Waals surface area contributed by atoms with Crippen molar-refractivity contribution >= 4 is 17.8 Å². The summed E-state index contributed by atoms with van der Waals surface area (Å²) in [4.78, 5) is 47.9. The number of hydrogen-bond donors (Lipinski definition) is 0. The van der Waals surface area contributed by atoms with Crippen molar-refractivity contribution in [2.24, 2.45) is 17.8 Å². The summed E-state index contributed by atoms with van der Waals surface area (Å²) in [5.41, 5.74) is 0.638. The highest BCUT2D eigenvalue weighted by molar-refractivity contribution is 5.94. The van der Waals surface area contributed by atoms with E-state index in [9.17, 15) is 14.4 Å². The summed E-state index contributed by atoms with van der Waals surface area (Å²) in [5, 5.41) is 0. The Kier molecular flexibility index (Phi) is 6.04. The van der Waals surface area contributed by atoms with E-state index in [4.69, 9.17) is 0 Å². The maximum atomic E-state index is 13.1. The molecule has 8 heteroatoms. The normalized spacial score (nSPS) is 26.5. The summed E-state index contributed by atoms with van der Waals surface area (Å²) in [6, 6.07) is 3.13. The fourth-order valence-electron chi connectivity index (χ4n) is 4.99. The topological polar surface area (TPSA) is 83.0 Å². The van der Waals surface area contributed by atoms with E-state index in [0.717, 1.165) is 45.6 Å². The van der Waals surface area contributed by atoms with Crippen LogP contribution < -0.4 is 0 Å². The summed E-state index contributed by atoms with van der Waals surface area (Å²) in [7, 11) is 1.31. The van der Waals surface area contributed by atoms with Crippen LogP contribution in [-0.4, -0.2) is 90.4 Å². The molecule has 0 radical (unpaired) electrons. The van der Waals surface area contributed by atoms with Crippen LogP contribution in [0.2, 0.25) is 0 Å². The number of hydrogen-bond acceptors (Lipinski definition) is 6. The van der Waals surface area contributed by atoms with Gasteiger partial charge in [-0.15, -0.1) is 0 Å². The van der Waals surface area contributed by atoms with Gasteiger partial charge in [-0.3, -0.25) is 14.6 Å². The largest absolute Gasteiger partial charge is 0.465 e. The Hall–Kier alpha value is -2.48. The highest BCUT2D eigenvalue weighted by Gasteiger charge is 2.49. The molecule has 0 aromatic carbocycles. The molecule has 1 saturated carbocycles. The third-order valence-electron chi connectivity index (χ3n) is 7.02. The van der Waals surface area contributed by atoms with E-state index >= 15 is 0 Å². The van der Waals surface area contributed by atoms with Crippen molar-refractivity contribution in [3.05, 3.63) is 29.6 Å². The molecule has 3 heterocycles. The van der Waals surface area contributed by atoms with E-state index in [1.807, 2.05) is 9.80 Å². The Bertz CT molecular complexity index is 804. The maximum absolute atomic E-state index is 13.1. The van der Waals surface area contributed by atoms with Gasteiger partial charge in [0.1, 0.15) is 5.69 Å². The fourth-order valence-corrected chi connectivity index (χ4v) is 4.99. The average molecular weight is 415 g/mol. The summed E-state index contributed by atoms with van der Waals surface area (Å²) in [5.74, 6) is 0.469. The number of likely N-dealkylation sites (N-methyl/N-ethyl adjacent to an activating group) is 1.